The zero-order valence-corrected chi connectivity index (χ0v) is 12.8. The molecule has 0 radical (unpaired) electrons. The van der Waals surface area contributed by atoms with E-state index in [0.717, 1.165) is 6.42 Å². The highest BCUT2D eigenvalue weighted by molar-refractivity contribution is 5.64. The molecule has 106 valence electrons. The van der Waals surface area contributed by atoms with Crippen LogP contribution in [0.3, 0.4) is 0 Å². The second kappa shape index (κ2) is 6.71. The molecule has 1 heteroatoms. The molecule has 1 nitrogen and oxygen atoms in total. The summed E-state index contributed by atoms with van der Waals surface area (Å²) >= 11 is 0. The van der Waals surface area contributed by atoms with Gasteiger partial charge in [0.25, 0.3) is 0 Å². The molecule has 2 atom stereocenters. The van der Waals surface area contributed by atoms with Crippen molar-refractivity contribution in [1.82, 2.24) is 0 Å². The van der Waals surface area contributed by atoms with E-state index in [2.05, 4.69) is 69.3 Å². The minimum absolute atomic E-state index is 0.150. The molecule has 0 heterocycles. The van der Waals surface area contributed by atoms with E-state index in [9.17, 15) is 0 Å². The second-order valence-corrected chi connectivity index (χ2v) is 5.57. The van der Waals surface area contributed by atoms with E-state index < -0.39 is 0 Å². The maximum atomic E-state index is 6.05. The molecule has 0 bridgehead atoms. The van der Waals surface area contributed by atoms with Crippen molar-refractivity contribution >= 4 is 0 Å². The predicted molar refractivity (Wildman–Crippen MR) is 87.8 cm³/mol. The van der Waals surface area contributed by atoms with Gasteiger partial charge in [-0.25, -0.2) is 0 Å². The first-order chi connectivity index (χ1) is 9.65. The van der Waals surface area contributed by atoms with E-state index in [4.69, 9.17) is 5.73 Å². The number of benzene rings is 2. The van der Waals surface area contributed by atoms with Crippen LogP contribution >= 0.6 is 0 Å². The zero-order valence-electron chi connectivity index (χ0n) is 12.8. The Bertz CT molecular complexity index is 473. The van der Waals surface area contributed by atoms with Crippen molar-refractivity contribution in [1.29, 1.82) is 0 Å². The van der Waals surface area contributed by atoms with Crippen LogP contribution in [0, 0.1) is 0 Å². The maximum Gasteiger partial charge on any atom is 0.0292 e. The van der Waals surface area contributed by atoms with Gasteiger partial charge in [0.1, 0.15) is 0 Å². The van der Waals surface area contributed by atoms with Crippen LogP contribution in [0.5, 0.6) is 0 Å². The number of rotatable bonds is 5. The third-order valence-electron chi connectivity index (χ3n) is 4.20. The van der Waals surface area contributed by atoms with Gasteiger partial charge in [-0.2, -0.15) is 0 Å². The van der Waals surface area contributed by atoms with Gasteiger partial charge in [-0.3, -0.25) is 0 Å². The summed E-state index contributed by atoms with van der Waals surface area (Å²) in [6.45, 7) is 6.62. The van der Waals surface area contributed by atoms with Crippen molar-refractivity contribution in [3.63, 3.8) is 0 Å². The summed E-state index contributed by atoms with van der Waals surface area (Å²) in [5, 5.41) is 0. The van der Waals surface area contributed by atoms with Crippen LogP contribution < -0.4 is 5.73 Å². The Hall–Kier alpha value is -1.60. The molecule has 0 saturated carbocycles. The largest absolute Gasteiger partial charge is 0.324 e. The molecular weight excluding hydrogens is 242 g/mol. The summed E-state index contributed by atoms with van der Waals surface area (Å²) in [5.74, 6) is 0.633. The molecule has 0 aliphatic carbocycles. The van der Waals surface area contributed by atoms with Gasteiger partial charge >= 0.3 is 0 Å². The number of nitrogens with two attached hydrogens (primary N) is 1. The molecule has 0 amide bonds. The predicted octanol–water partition coefficient (Wildman–Crippen LogP) is 5.28. The molecule has 2 aromatic rings. The zero-order chi connectivity index (χ0) is 14.5. The molecule has 20 heavy (non-hydrogen) atoms. The van der Waals surface area contributed by atoms with Gasteiger partial charge in [-0.15, -0.1) is 0 Å². The lowest BCUT2D eigenvalue weighted by atomic mass is 9.95. The van der Waals surface area contributed by atoms with Crippen LogP contribution in [0.2, 0.25) is 0 Å². The summed E-state index contributed by atoms with van der Waals surface area (Å²) in [7, 11) is 0. The van der Waals surface area contributed by atoms with Gasteiger partial charge in [0, 0.05) is 6.04 Å². The van der Waals surface area contributed by atoms with Crippen LogP contribution in [0.25, 0.3) is 11.1 Å². The molecule has 0 spiro atoms. The Morgan fingerprint density at radius 3 is 1.60 bits per heavy atom. The van der Waals surface area contributed by atoms with E-state index in [-0.39, 0.29) is 6.04 Å². The maximum absolute atomic E-state index is 6.05. The van der Waals surface area contributed by atoms with Gasteiger partial charge in [0.05, 0.1) is 0 Å². The van der Waals surface area contributed by atoms with Crippen LogP contribution in [0.4, 0.5) is 0 Å². The smallest absolute Gasteiger partial charge is 0.0292 e. The Labute approximate surface area is 122 Å². The standard InChI is InChI=1S/C19H25N/c1-4-14(3)15-6-8-16(9-7-15)17-10-12-18(13-11-17)19(20)5-2/h6-14,19H,4-5,20H2,1-3H3. The Kier molecular flexibility index (Phi) is 4.97. The second-order valence-electron chi connectivity index (χ2n) is 5.57. The molecule has 2 rings (SSSR count). The monoisotopic (exact) mass is 267 g/mol. The molecule has 0 aromatic heterocycles. The highest BCUT2D eigenvalue weighted by Gasteiger charge is 2.05. The van der Waals surface area contributed by atoms with Crippen molar-refractivity contribution in [3.05, 3.63) is 59.7 Å². The lowest BCUT2D eigenvalue weighted by molar-refractivity contribution is 0.699. The molecule has 2 unspecified atom stereocenters. The summed E-state index contributed by atoms with van der Waals surface area (Å²) in [6, 6.07) is 17.7. The van der Waals surface area contributed by atoms with E-state index in [1.807, 2.05) is 0 Å². The van der Waals surface area contributed by atoms with Crippen LogP contribution in [-0.2, 0) is 0 Å². The Morgan fingerprint density at radius 2 is 1.20 bits per heavy atom. The Morgan fingerprint density at radius 1 is 0.750 bits per heavy atom. The molecule has 2 N–H and O–H groups in total. The molecule has 0 saturated heterocycles. The molecule has 2 aromatic carbocycles. The fourth-order valence-electron chi connectivity index (χ4n) is 2.40. The SMILES string of the molecule is CCC(C)c1ccc(-c2ccc(C(N)CC)cc2)cc1. The average molecular weight is 267 g/mol. The number of hydrogen-bond donors (Lipinski definition) is 1. The van der Waals surface area contributed by atoms with E-state index in [1.54, 1.807) is 0 Å². The van der Waals surface area contributed by atoms with Gasteiger partial charge in [0.2, 0.25) is 0 Å². The van der Waals surface area contributed by atoms with Crippen molar-refractivity contribution in [2.45, 2.75) is 45.6 Å². The lowest BCUT2D eigenvalue weighted by Gasteiger charge is -2.12. The highest BCUT2D eigenvalue weighted by Crippen LogP contribution is 2.25. The summed E-state index contributed by atoms with van der Waals surface area (Å²) in [4.78, 5) is 0. The summed E-state index contributed by atoms with van der Waals surface area (Å²) in [5.41, 5.74) is 11.2. The molecule has 0 aliphatic heterocycles. The van der Waals surface area contributed by atoms with Gasteiger partial charge < -0.3 is 5.73 Å². The molecule has 0 aliphatic rings. The fourth-order valence-corrected chi connectivity index (χ4v) is 2.40. The van der Waals surface area contributed by atoms with Crippen LogP contribution in [0.1, 0.15) is 56.7 Å². The fraction of sp³-hybridized carbons (Fsp3) is 0.368. The molecular formula is C19H25N. The number of hydrogen-bond acceptors (Lipinski definition) is 1. The van der Waals surface area contributed by atoms with E-state index in [0.29, 0.717) is 5.92 Å². The Balaban J connectivity index is 2.19. The van der Waals surface area contributed by atoms with Crippen molar-refractivity contribution in [2.75, 3.05) is 0 Å². The normalized spacial score (nSPS) is 14.0. The van der Waals surface area contributed by atoms with Crippen molar-refractivity contribution < 1.29 is 0 Å². The highest BCUT2D eigenvalue weighted by atomic mass is 14.6. The minimum atomic E-state index is 0.150. The average Bonchev–Trinajstić information content (AvgIpc) is 2.53. The van der Waals surface area contributed by atoms with Gasteiger partial charge in [-0.05, 0) is 41.0 Å². The summed E-state index contributed by atoms with van der Waals surface area (Å²) < 4.78 is 0. The van der Waals surface area contributed by atoms with Crippen LogP contribution in [-0.4, -0.2) is 0 Å². The van der Waals surface area contributed by atoms with E-state index in [1.165, 1.54) is 28.7 Å². The third kappa shape index (κ3) is 3.29. The van der Waals surface area contributed by atoms with E-state index >= 15 is 0 Å². The third-order valence-corrected chi connectivity index (χ3v) is 4.20. The minimum Gasteiger partial charge on any atom is -0.324 e. The van der Waals surface area contributed by atoms with Gasteiger partial charge in [-0.1, -0.05) is 69.3 Å². The first-order valence-corrected chi connectivity index (χ1v) is 7.61. The van der Waals surface area contributed by atoms with Crippen molar-refractivity contribution in [2.24, 2.45) is 5.73 Å². The van der Waals surface area contributed by atoms with Gasteiger partial charge in [0.15, 0.2) is 0 Å². The summed E-state index contributed by atoms with van der Waals surface area (Å²) in [6.07, 6.45) is 2.16. The topological polar surface area (TPSA) is 26.0 Å². The van der Waals surface area contributed by atoms with Crippen molar-refractivity contribution in [3.8, 4) is 11.1 Å². The first-order valence-electron chi connectivity index (χ1n) is 7.61. The quantitative estimate of drug-likeness (QED) is 0.784. The molecule has 0 fully saturated rings. The van der Waals surface area contributed by atoms with Crippen LogP contribution in [0.15, 0.2) is 48.5 Å². The lowest BCUT2D eigenvalue weighted by Crippen LogP contribution is -2.08. The first kappa shape index (κ1) is 14.8.